The quantitative estimate of drug-likeness (QED) is 0.361. The number of rotatable bonds is 12. The van der Waals surface area contributed by atoms with Crippen LogP contribution in [0.15, 0.2) is 30.3 Å². The highest BCUT2D eigenvalue weighted by Crippen LogP contribution is 2.18. The van der Waals surface area contributed by atoms with Gasteiger partial charge in [-0.1, -0.05) is 30.3 Å². The monoisotopic (exact) mass is 506 g/mol. The number of carbonyl (C=O) groups excluding carboxylic acids is 4. The minimum Gasteiger partial charge on any atom is -0.479 e. The van der Waals surface area contributed by atoms with Gasteiger partial charge in [-0.3, -0.25) is 14.4 Å². The Morgan fingerprint density at radius 1 is 1.00 bits per heavy atom. The van der Waals surface area contributed by atoms with E-state index in [1.54, 1.807) is 34.9 Å². The summed E-state index contributed by atoms with van der Waals surface area (Å²) in [5.41, 5.74) is 3.19. The minimum atomic E-state index is -2.31. The normalized spacial score (nSPS) is 13.6. The van der Waals surface area contributed by atoms with E-state index in [0.717, 1.165) is 12.5 Å². The highest BCUT2D eigenvalue weighted by Gasteiger charge is 2.42. The molecule has 200 valence electrons. The Hall–Kier alpha value is -3.63. The first kappa shape index (κ1) is 30.4. The highest BCUT2D eigenvalue weighted by molar-refractivity contribution is 6.08. The molecular formula is C25H38N4O7. The number of carbonyl (C=O) groups is 5. The van der Waals surface area contributed by atoms with E-state index in [2.05, 4.69) is 5.32 Å². The van der Waals surface area contributed by atoms with Crippen molar-refractivity contribution in [1.82, 2.24) is 15.1 Å². The molecule has 36 heavy (non-hydrogen) atoms. The number of nitrogens with zero attached hydrogens (tertiary/aromatic N) is 2. The van der Waals surface area contributed by atoms with Gasteiger partial charge in [0.2, 0.25) is 17.4 Å². The van der Waals surface area contributed by atoms with Gasteiger partial charge in [0.25, 0.3) is 5.91 Å². The molecule has 0 saturated heterocycles. The molecule has 0 heterocycles. The number of carboxylic acid groups (broad SMARTS) is 1. The molecule has 0 aliphatic rings. The molecule has 4 amide bonds. The average molecular weight is 507 g/mol. The maximum Gasteiger partial charge on any atom is 0.410 e. The summed E-state index contributed by atoms with van der Waals surface area (Å²) in [5, 5.41) is 11.6. The Balaban J connectivity index is 2.90. The first-order valence-electron chi connectivity index (χ1n) is 11.6. The number of hydrogen-bond donors (Lipinski definition) is 3. The molecular weight excluding hydrogens is 468 g/mol. The molecule has 0 spiro atoms. The van der Waals surface area contributed by atoms with Gasteiger partial charge in [0, 0.05) is 39.5 Å². The van der Waals surface area contributed by atoms with Crippen LogP contribution in [-0.2, 0) is 30.3 Å². The zero-order valence-corrected chi connectivity index (χ0v) is 21.9. The van der Waals surface area contributed by atoms with Crippen molar-refractivity contribution in [3.63, 3.8) is 0 Å². The van der Waals surface area contributed by atoms with Gasteiger partial charge in [0.05, 0.1) is 0 Å². The number of primary amides is 1. The van der Waals surface area contributed by atoms with Crippen molar-refractivity contribution >= 4 is 29.8 Å². The molecule has 2 atom stereocenters. The van der Waals surface area contributed by atoms with Crippen molar-refractivity contribution < 1.29 is 33.8 Å². The van der Waals surface area contributed by atoms with Crippen molar-refractivity contribution in [2.75, 3.05) is 27.2 Å². The Kier molecular flexibility index (Phi) is 10.9. The molecule has 0 aliphatic carbocycles. The predicted molar refractivity (Wildman–Crippen MR) is 133 cm³/mol. The third kappa shape index (κ3) is 9.55. The fourth-order valence-electron chi connectivity index (χ4n) is 3.10. The maximum absolute atomic E-state index is 13.0. The summed E-state index contributed by atoms with van der Waals surface area (Å²) in [6, 6.07) is 9.30. The van der Waals surface area contributed by atoms with E-state index in [9.17, 15) is 29.1 Å². The molecule has 1 aromatic carbocycles. The summed E-state index contributed by atoms with van der Waals surface area (Å²) in [6.07, 6.45) is -0.0538. The van der Waals surface area contributed by atoms with E-state index in [-0.39, 0.29) is 31.8 Å². The van der Waals surface area contributed by atoms with E-state index in [4.69, 9.17) is 10.5 Å². The topological polar surface area (TPSA) is 159 Å². The molecule has 11 heteroatoms. The lowest BCUT2D eigenvalue weighted by molar-refractivity contribution is -0.152. The largest absolute Gasteiger partial charge is 0.479 e. The van der Waals surface area contributed by atoms with E-state index in [0.29, 0.717) is 6.42 Å². The SMILES string of the molecule is CN(CCN(C)C(=O)OC(C)(C)C)C(=O)C[C@@H](CCc1ccccc1)C(=O)N[C@](C)(C(N)=O)C(=O)O. The van der Waals surface area contributed by atoms with Crippen molar-refractivity contribution in [2.45, 2.75) is 58.1 Å². The minimum absolute atomic E-state index is 0.190. The first-order valence-corrected chi connectivity index (χ1v) is 11.6. The fourth-order valence-corrected chi connectivity index (χ4v) is 3.10. The molecule has 0 radical (unpaired) electrons. The van der Waals surface area contributed by atoms with Gasteiger partial charge < -0.3 is 30.7 Å². The number of nitrogens with one attached hydrogen (secondary N) is 1. The van der Waals surface area contributed by atoms with Gasteiger partial charge in [-0.2, -0.15) is 0 Å². The van der Waals surface area contributed by atoms with E-state index in [1.165, 1.54) is 9.80 Å². The predicted octanol–water partition coefficient (Wildman–Crippen LogP) is 1.40. The van der Waals surface area contributed by atoms with Crippen molar-refractivity contribution in [1.29, 1.82) is 0 Å². The third-order valence-electron chi connectivity index (χ3n) is 5.61. The Labute approximate surface area is 211 Å². The van der Waals surface area contributed by atoms with Crippen LogP contribution >= 0.6 is 0 Å². The van der Waals surface area contributed by atoms with Gasteiger partial charge >= 0.3 is 12.1 Å². The second-order valence-electron chi connectivity index (χ2n) is 9.93. The molecule has 0 bridgehead atoms. The van der Waals surface area contributed by atoms with Gasteiger partial charge in [0.1, 0.15) is 5.60 Å². The van der Waals surface area contributed by atoms with Crippen LogP contribution in [0.4, 0.5) is 4.79 Å². The van der Waals surface area contributed by atoms with Gasteiger partial charge in [0.15, 0.2) is 0 Å². The van der Waals surface area contributed by atoms with Crippen molar-refractivity contribution in [3.05, 3.63) is 35.9 Å². The van der Waals surface area contributed by atoms with Gasteiger partial charge in [-0.15, -0.1) is 0 Å². The molecule has 0 fully saturated rings. The van der Waals surface area contributed by atoms with Gasteiger partial charge in [-0.25, -0.2) is 9.59 Å². The maximum atomic E-state index is 13.0. The summed E-state index contributed by atoms with van der Waals surface area (Å²) in [4.78, 5) is 64.1. The standard InChI is InChI=1S/C25H38N4O7/c1-24(2,3)36-23(35)29(6)15-14-28(5)19(30)16-18(13-12-17-10-8-7-9-11-17)20(31)27-25(4,21(26)32)22(33)34/h7-11,18H,12-16H2,1-6H3,(H2,26,32)(H,27,31)(H,33,34)/t18-,25-/m1/s1. The summed E-state index contributed by atoms with van der Waals surface area (Å²) in [7, 11) is 3.10. The van der Waals surface area contributed by atoms with Crippen molar-refractivity contribution in [3.8, 4) is 0 Å². The van der Waals surface area contributed by atoms with Crippen LogP contribution in [0.3, 0.4) is 0 Å². The number of amides is 4. The summed E-state index contributed by atoms with van der Waals surface area (Å²) < 4.78 is 5.29. The van der Waals surface area contributed by atoms with E-state index < -0.39 is 40.9 Å². The highest BCUT2D eigenvalue weighted by atomic mass is 16.6. The molecule has 11 nitrogen and oxygen atoms in total. The number of benzene rings is 1. The number of nitrogens with two attached hydrogens (primary N) is 1. The van der Waals surface area contributed by atoms with Crippen LogP contribution in [-0.4, -0.2) is 83.0 Å². The average Bonchev–Trinajstić information content (AvgIpc) is 2.78. The smallest absolute Gasteiger partial charge is 0.410 e. The summed E-state index contributed by atoms with van der Waals surface area (Å²) in [6.45, 7) is 6.66. The van der Waals surface area contributed by atoms with Crippen LogP contribution in [0.1, 0.15) is 46.1 Å². The lowest BCUT2D eigenvalue weighted by Crippen LogP contribution is -2.61. The molecule has 0 saturated carbocycles. The lowest BCUT2D eigenvalue weighted by atomic mass is 9.92. The van der Waals surface area contributed by atoms with Crippen molar-refractivity contribution in [2.24, 2.45) is 11.7 Å². The van der Waals surface area contributed by atoms with Gasteiger partial charge in [-0.05, 0) is 46.1 Å². The zero-order valence-electron chi connectivity index (χ0n) is 21.9. The molecule has 0 aliphatic heterocycles. The molecule has 1 rings (SSSR count). The molecule has 1 aromatic rings. The van der Waals surface area contributed by atoms with E-state index >= 15 is 0 Å². The Morgan fingerprint density at radius 3 is 2.06 bits per heavy atom. The number of ether oxygens (including phenoxy) is 1. The lowest BCUT2D eigenvalue weighted by Gasteiger charge is -2.28. The fraction of sp³-hybridized carbons (Fsp3) is 0.560. The second kappa shape index (κ2) is 12.9. The Bertz CT molecular complexity index is 929. The number of carboxylic acids is 1. The summed E-state index contributed by atoms with van der Waals surface area (Å²) >= 11 is 0. The van der Waals surface area contributed by atoms with Crippen LogP contribution in [0.2, 0.25) is 0 Å². The number of likely N-dealkylation sites (N-methyl/N-ethyl adjacent to an activating group) is 2. The van der Waals surface area contributed by atoms with Crippen LogP contribution in [0.5, 0.6) is 0 Å². The number of aryl methyl sites for hydroxylation is 1. The second-order valence-corrected chi connectivity index (χ2v) is 9.93. The van der Waals surface area contributed by atoms with Crippen LogP contribution < -0.4 is 11.1 Å². The summed E-state index contributed by atoms with van der Waals surface area (Å²) in [5.74, 6) is -4.88. The third-order valence-corrected chi connectivity index (χ3v) is 5.61. The number of aliphatic carboxylic acids is 1. The molecule has 4 N–H and O–H groups in total. The zero-order chi connectivity index (χ0) is 27.7. The van der Waals surface area contributed by atoms with Crippen LogP contribution in [0.25, 0.3) is 0 Å². The Morgan fingerprint density at radius 2 is 1.56 bits per heavy atom. The number of hydrogen-bond acceptors (Lipinski definition) is 6. The molecule has 0 unspecified atom stereocenters. The molecule has 0 aromatic heterocycles. The first-order chi connectivity index (χ1) is 16.6. The van der Waals surface area contributed by atoms with E-state index in [1.807, 2.05) is 30.3 Å². The van der Waals surface area contributed by atoms with Crippen LogP contribution in [0, 0.1) is 5.92 Å².